The highest BCUT2D eigenvalue weighted by molar-refractivity contribution is 7.00. The number of furan rings is 1. The number of rotatable bonds is 8. The molecular formula is C75H62BN3O. The molecule has 0 saturated carbocycles. The van der Waals surface area contributed by atoms with Gasteiger partial charge in [-0.2, -0.15) is 0 Å². The molecule has 386 valence electrons. The second-order valence-electron chi connectivity index (χ2n) is 23.6. The Morgan fingerprint density at radius 1 is 0.400 bits per heavy atom. The number of para-hydroxylation sites is 2. The number of aryl methyl sites for hydroxylation is 1. The molecule has 80 heavy (non-hydrogen) atoms. The topological polar surface area (TPSA) is 22.9 Å². The van der Waals surface area contributed by atoms with Crippen LogP contribution in [-0.2, 0) is 10.8 Å². The Bertz CT molecular complexity index is 4370. The fourth-order valence-corrected chi connectivity index (χ4v) is 12.4. The fraction of sp³-hybridized carbons (Fsp3) is 0.120. The van der Waals surface area contributed by atoms with Crippen molar-refractivity contribution in [3.05, 3.63) is 265 Å². The minimum Gasteiger partial charge on any atom is -0.455 e. The molecule has 0 unspecified atom stereocenters. The SMILES string of the molecule is [2H]C([2H])([2H])c1cc2c3c(c1)N(c1ccc(-c4cccc5c4oc4ccccc45)cc1)c1cc(N(c4ccc(C(C)(C)C)cc4)c4ccc(C(C)(C)C)cc4)ccc1B3c1cc(-c3ccccc3)ccc1N2c1ccc(-c2ccccc2)cc1. The maximum Gasteiger partial charge on any atom is 0.252 e. The maximum atomic E-state index is 9.21. The quantitative estimate of drug-likeness (QED) is 0.142. The van der Waals surface area contributed by atoms with Crippen molar-refractivity contribution in [1.29, 1.82) is 0 Å². The highest BCUT2D eigenvalue weighted by Gasteiger charge is 2.44. The van der Waals surface area contributed by atoms with Crippen molar-refractivity contribution in [3.8, 4) is 33.4 Å². The first-order valence-electron chi connectivity index (χ1n) is 29.3. The van der Waals surface area contributed by atoms with Crippen LogP contribution in [-0.4, -0.2) is 6.71 Å². The minimum atomic E-state index is -2.44. The molecule has 14 rings (SSSR count). The van der Waals surface area contributed by atoms with Gasteiger partial charge in [0, 0.05) is 71.6 Å². The van der Waals surface area contributed by atoms with Crippen LogP contribution in [0.4, 0.5) is 51.2 Å². The van der Waals surface area contributed by atoms with Crippen molar-refractivity contribution in [1.82, 2.24) is 0 Å². The van der Waals surface area contributed by atoms with Crippen molar-refractivity contribution in [2.24, 2.45) is 0 Å². The molecule has 0 aliphatic carbocycles. The summed E-state index contributed by atoms with van der Waals surface area (Å²) in [6, 6.07) is 88.5. The summed E-state index contributed by atoms with van der Waals surface area (Å²) < 4.78 is 34.2. The van der Waals surface area contributed by atoms with Crippen LogP contribution < -0.4 is 31.1 Å². The molecular weight excluding hydrogens is 970 g/mol. The zero-order chi connectivity index (χ0) is 56.9. The summed E-state index contributed by atoms with van der Waals surface area (Å²) in [6.45, 7) is 10.8. The Kier molecular flexibility index (Phi) is 10.8. The van der Waals surface area contributed by atoms with Gasteiger partial charge in [-0.1, -0.05) is 205 Å². The molecule has 4 nitrogen and oxygen atoms in total. The lowest BCUT2D eigenvalue weighted by atomic mass is 9.33. The van der Waals surface area contributed by atoms with E-state index in [9.17, 15) is 4.11 Å². The largest absolute Gasteiger partial charge is 0.455 e. The Hall–Kier alpha value is -9.32. The summed E-state index contributed by atoms with van der Waals surface area (Å²) in [5, 5.41) is 2.15. The van der Waals surface area contributed by atoms with Crippen molar-refractivity contribution in [3.63, 3.8) is 0 Å². The molecule has 0 saturated heterocycles. The summed E-state index contributed by atoms with van der Waals surface area (Å²) in [6.07, 6.45) is 0. The average Bonchev–Trinajstić information content (AvgIpc) is 1.88. The third-order valence-corrected chi connectivity index (χ3v) is 16.5. The summed E-state index contributed by atoms with van der Waals surface area (Å²) >= 11 is 0. The van der Waals surface area contributed by atoms with E-state index in [0.29, 0.717) is 0 Å². The first kappa shape index (κ1) is 45.7. The van der Waals surface area contributed by atoms with Gasteiger partial charge in [0.15, 0.2) is 0 Å². The molecule has 0 amide bonds. The minimum absolute atomic E-state index is 0.0319. The highest BCUT2D eigenvalue weighted by atomic mass is 16.3. The fourth-order valence-electron chi connectivity index (χ4n) is 12.4. The Morgan fingerprint density at radius 2 is 0.912 bits per heavy atom. The number of hydrogen-bond acceptors (Lipinski definition) is 4. The maximum absolute atomic E-state index is 9.21. The Balaban J connectivity index is 1.03. The van der Waals surface area contributed by atoms with Gasteiger partial charge in [0.25, 0.3) is 6.71 Å². The lowest BCUT2D eigenvalue weighted by molar-refractivity contribution is 0.590. The molecule has 0 fully saturated rings. The van der Waals surface area contributed by atoms with Gasteiger partial charge < -0.3 is 19.1 Å². The van der Waals surface area contributed by atoms with Crippen LogP contribution in [0.5, 0.6) is 0 Å². The number of hydrogen-bond donors (Lipinski definition) is 0. The standard InChI is InChI=1S/C75H62BN3O/c1-49-45-69-72-70(46-49)79(60-36-27-53(28-37-60)62-22-16-23-64-63-21-14-15-24-71(63)80-73(62)64)68-48-61(77(57-38-30-55(31-39-57)74(2,3)4)58-40-32-56(33-41-58)75(5,6)7)42-43-65(68)76(72)66-47-54(51-19-12-9-13-20-51)29-44-67(66)78(69)59-34-25-52(26-35-59)50-17-10-8-11-18-50/h8-48H,1-7H3/i1D3. The lowest BCUT2D eigenvalue weighted by Gasteiger charge is -2.45. The number of benzene rings is 11. The first-order valence-corrected chi connectivity index (χ1v) is 27.8. The van der Waals surface area contributed by atoms with E-state index in [2.05, 4.69) is 275 Å². The second kappa shape index (κ2) is 19.0. The van der Waals surface area contributed by atoms with Crippen LogP contribution >= 0.6 is 0 Å². The van der Waals surface area contributed by atoms with Crippen LogP contribution in [0.2, 0.25) is 0 Å². The van der Waals surface area contributed by atoms with Crippen LogP contribution in [0.1, 0.15) is 62.3 Å². The first-order chi connectivity index (χ1) is 40.0. The molecule has 0 spiro atoms. The molecule has 2 aliphatic heterocycles. The van der Waals surface area contributed by atoms with Crippen LogP contribution in [0.3, 0.4) is 0 Å². The van der Waals surface area contributed by atoms with Gasteiger partial charge in [-0.25, -0.2) is 0 Å². The van der Waals surface area contributed by atoms with E-state index in [-0.39, 0.29) is 23.1 Å². The van der Waals surface area contributed by atoms with Crippen molar-refractivity contribution in [2.45, 2.75) is 59.2 Å². The van der Waals surface area contributed by atoms with Crippen molar-refractivity contribution < 1.29 is 8.53 Å². The average molecular weight is 1040 g/mol. The molecule has 5 heteroatoms. The number of nitrogens with zero attached hydrogens (tertiary/aromatic N) is 3. The zero-order valence-corrected chi connectivity index (χ0v) is 46.0. The van der Waals surface area contributed by atoms with Crippen LogP contribution in [0, 0.1) is 6.85 Å². The van der Waals surface area contributed by atoms with Crippen LogP contribution in [0.15, 0.2) is 253 Å². The Labute approximate surface area is 475 Å². The van der Waals surface area contributed by atoms with E-state index in [1.807, 2.05) is 30.3 Å². The van der Waals surface area contributed by atoms with Gasteiger partial charge in [0.1, 0.15) is 11.2 Å². The third kappa shape index (κ3) is 8.39. The van der Waals surface area contributed by atoms with Gasteiger partial charge >= 0.3 is 0 Å². The molecule has 0 N–H and O–H groups in total. The molecule has 0 radical (unpaired) electrons. The molecule has 2 aliphatic rings. The monoisotopic (exact) mass is 1030 g/mol. The van der Waals surface area contributed by atoms with Gasteiger partial charge in [0.2, 0.25) is 0 Å². The smallest absolute Gasteiger partial charge is 0.252 e. The van der Waals surface area contributed by atoms with E-state index in [1.54, 1.807) is 0 Å². The second-order valence-corrected chi connectivity index (χ2v) is 23.6. The van der Waals surface area contributed by atoms with Gasteiger partial charge in [0.05, 0.1) is 0 Å². The van der Waals surface area contributed by atoms with E-state index in [4.69, 9.17) is 4.42 Å². The van der Waals surface area contributed by atoms with Crippen LogP contribution in [0.25, 0.3) is 55.3 Å². The van der Waals surface area contributed by atoms with E-state index in [0.717, 1.165) is 123 Å². The molecule has 1 aromatic heterocycles. The zero-order valence-electron chi connectivity index (χ0n) is 49.0. The predicted molar refractivity (Wildman–Crippen MR) is 341 cm³/mol. The number of anilines is 9. The molecule has 0 bridgehead atoms. The molecule has 0 atom stereocenters. The van der Waals surface area contributed by atoms with E-state index >= 15 is 0 Å². The van der Waals surface area contributed by atoms with Crippen molar-refractivity contribution in [2.75, 3.05) is 14.7 Å². The van der Waals surface area contributed by atoms with E-state index in [1.165, 1.54) is 11.1 Å². The summed E-state index contributed by atoms with van der Waals surface area (Å²) in [4.78, 5) is 6.97. The summed E-state index contributed by atoms with van der Waals surface area (Å²) in [5.41, 5.74) is 22.6. The highest BCUT2D eigenvalue weighted by Crippen LogP contribution is 2.48. The van der Waals surface area contributed by atoms with E-state index < -0.39 is 6.85 Å². The number of fused-ring (bicyclic) bond motifs is 7. The van der Waals surface area contributed by atoms with Gasteiger partial charge in [-0.3, -0.25) is 0 Å². The van der Waals surface area contributed by atoms with Gasteiger partial charge in [-0.15, -0.1) is 0 Å². The normalized spacial score (nSPS) is 13.6. The molecule has 12 aromatic rings. The summed E-state index contributed by atoms with van der Waals surface area (Å²) in [5.74, 6) is 0. The molecule has 11 aromatic carbocycles. The predicted octanol–water partition coefficient (Wildman–Crippen LogP) is 19.0. The van der Waals surface area contributed by atoms with Gasteiger partial charge in [-0.05, 0) is 164 Å². The lowest BCUT2D eigenvalue weighted by Crippen LogP contribution is -2.61. The van der Waals surface area contributed by atoms with Crippen molar-refractivity contribution >= 4 is 96.2 Å². The third-order valence-electron chi connectivity index (χ3n) is 16.5. The molecule has 3 heterocycles. The Morgan fingerprint density at radius 3 is 1.51 bits per heavy atom. The summed E-state index contributed by atoms with van der Waals surface area (Å²) in [7, 11) is 0.